The number of nitrogens with zero attached hydrogens (tertiary/aromatic N) is 6. The van der Waals surface area contributed by atoms with E-state index in [9.17, 15) is 14.4 Å². The zero-order chi connectivity index (χ0) is 19.7. The summed E-state index contributed by atoms with van der Waals surface area (Å²) in [5, 5.41) is 12.1. The van der Waals surface area contributed by atoms with Gasteiger partial charge in [0.15, 0.2) is 11.2 Å². The number of aromatic nitrogens is 6. The van der Waals surface area contributed by atoms with E-state index in [4.69, 9.17) is 0 Å². The third-order valence-corrected chi connectivity index (χ3v) is 5.26. The molecule has 0 bridgehead atoms. The number of fused-ring (bicyclic) bond motifs is 1. The van der Waals surface area contributed by atoms with Gasteiger partial charge in [-0.3, -0.25) is 24.0 Å². The molecular weight excluding hydrogens is 370 g/mol. The highest BCUT2D eigenvalue weighted by Gasteiger charge is 2.25. The SMILES string of the molecule is CCCc1nnc(NC(=O)C(CC)n2cnc3c2c(=O)n(C)c(=O)n3C)s1. The highest BCUT2D eigenvalue weighted by atomic mass is 32.1. The molecule has 3 rings (SSSR count). The van der Waals surface area contributed by atoms with Gasteiger partial charge >= 0.3 is 5.69 Å². The molecule has 3 heterocycles. The van der Waals surface area contributed by atoms with Gasteiger partial charge in [-0.15, -0.1) is 10.2 Å². The lowest BCUT2D eigenvalue weighted by Gasteiger charge is -2.16. The Balaban J connectivity index is 1.99. The van der Waals surface area contributed by atoms with Gasteiger partial charge in [0.05, 0.1) is 6.33 Å². The fourth-order valence-corrected chi connectivity index (χ4v) is 3.76. The molecular formula is C16H21N7O3S. The van der Waals surface area contributed by atoms with Gasteiger partial charge in [-0.05, 0) is 12.8 Å². The average molecular weight is 391 g/mol. The Bertz CT molecular complexity index is 1110. The van der Waals surface area contributed by atoms with Crippen molar-refractivity contribution in [3.63, 3.8) is 0 Å². The molecule has 144 valence electrons. The molecule has 0 aliphatic rings. The number of carbonyl (C=O) groups excluding carboxylic acids is 1. The first kappa shape index (κ1) is 19.0. The summed E-state index contributed by atoms with van der Waals surface area (Å²) in [4.78, 5) is 41.6. The molecule has 1 unspecified atom stereocenters. The van der Waals surface area contributed by atoms with Gasteiger partial charge in [0.1, 0.15) is 11.0 Å². The summed E-state index contributed by atoms with van der Waals surface area (Å²) < 4.78 is 3.81. The minimum Gasteiger partial charge on any atom is -0.312 e. The highest BCUT2D eigenvalue weighted by Crippen LogP contribution is 2.21. The smallest absolute Gasteiger partial charge is 0.312 e. The third kappa shape index (κ3) is 3.29. The molecule has 1 N–H and O–H groups in total. The molecule has 0 aliphatic heterocycles. The zero-order valence-electron chi connectivity index (χ0n) is 15.6. The number of aryl methyl sites for hydroxylation is 2. The molecule has 0 saturated heterocycles. The lowest BCUT2D eigenvalue weighted by molar-refractivity contribution is -0.119. The van der Waals surface area contributed by atoms with Crippen LogP contribution in [0.5, 0.6) is 0 Å². The van der Waals surface area contributed by atoms with Gasteiger partial charge < -0.3 is 4.57 Å². The maximum absolute atomic E-state index is 12.8. The van der Waals surface area contributed by atoms with Crippen molar-refractivity contribution in [2.45, 2.75) is 39.2 Å². The minimum absolute atomic E-state index is 0.213. The molecule has 0 aromatic carbocycles. The monoisotopic (exact) mass is 391 g/mol. The van der Waals surface area contributed by atoms with Gasteiger partial charge in [0, 0.05) is 20.5 Å². The first-order chi connectivity index (χ1) is 12.9. The fourth-order valence-electron chi connectivity index (χ4n) is 2.92. The van der Waals surface area contributed by atoms with E-state index in [0.717, 1.165) is 22.4 Å². The number of rotatable bonds is 6. The van der Waals surface area contributed by atoms with Crippen LogP contribution in [-0.4, -0.2) is 34.8 Å². The van der Waals surface area contributed by atoms with E-state index in [1.165, 1.54) is 33.8 Å². The highest BCUT2D eigenvalue weighted by molar-refractivity contribution is 7.15. The lowest BCUT2D eigenvalue weighted by atomic mass is 10.2. The standard InChI is InChI=1S/C16H21N7O3S/c1-5-7-10-19-20-15(27-10)18-13(24)9(6-2)23-8-17-12-11(23)14(25)22(4)16(26)21(12)3/h8-9H,5-7H2,1-4H3,(H,18,20,24). The number of anilines is 1. The van der Waals surface area contributed by atoms with E-state index >= 15 is 0 Å². The fraction of sp³-hybridized carbons (Fsp3) is 0.500. The number of nitrogens with one attached hydrogen (secondary N) is 1. The van der Waals surface area contributed by atoms with Crippen molar-refractivity contribution in [3.8, 4) is 0 Å². The zero-order valence-corrected chi connectivity index (χ0v) is 16.4. The molecule has 0 spiro atoms. The predicted octanol–water partition coefficient (Wildman–Crippen LogP) is 0.827. The number of imidazole rings is 1. The topological polar surface area (TPSA) is 117 Å². The van der Waals surface area contributed by atoms with E-state index in [-0.39, 0.29) is 17.1 Å². The van der Waals surface area contributed by atoms with Crippen LogP contribution in [0.25, 0.3) is 11.2 Å². The number of hydrogen-bond donors (Lipinski definition) is 1. The molecule has 1 atom stereocenters. The van der Waals surface area contributed by atoms with Crippen LogP contribution in [0.15, 0.2) is 15.9 Å². The van der Waals surface area contributed by atoms with Crippen LogP contribution in [-0.2, 0) is 25.3 Å². The number of amides is 1. The summed E-state index contributed by atoms with van der Waals surface area (Å²) in [6.07, 6.45) is 3.61. The second-order valence-corrected chi connectivity index (χ2v) is 7.26. The second-order valence-electron chi connectivity index (χ2n) is 6.19. The summed E-state index contributed by atoms with van der Waals surface area (Å²) in [7, 11) is 2.94. The molecule has 0 saturated carbocycles. The minimum atomic E-state index is -0.668. The van der Waals surface area contributed by atoms with Gasteiger partial charge in [-0.2, -0.15) is 0 Å². The summed E-state index contributed by atoms with van der Waals surface area (Å²) in [5.41, 5.74) is -0.494. The van der Waals surface area contributed by atoms with Gasteiger partial charge in [0.25, 0.3) is 5.56 Å². The van der Waals surface area contributed by atoms with Crippen molar-refractivity contribution < 1.29 is 4.79 Å². The van der Waals surface area contributed by atoms with E-state index in [2.05, 4.69) is 20.5 Å². The number of carbonyl (C=O) groups is 1. The largest absolute Gasteiger partial charge is 0.332 e. The predicted molar refractivity (Wildman–Crippen MR) is 102 cm³/mol. The molecule has 3 aromatic rings. The normalized spacial score (nSPS) is 12.4. The van der Waals surface area contributed by atoms with Crippen LogP contribution < -0.4 is 16.6 Å². The van der Waals surface area contributed by atoms with Gasteiger partial charge in [0.2, 0.25) is 11.0 Å². The molecule has 0 fully saturated rings. The van der Waals surface area contributed by atoms with Crippen LogP contribution in [0.2, 0.25) is 0 Å². The van der Waals surface area contributed by atoms with Crippen molar-refractivity contribution in [2.75, 3.05) is 5.32 Å². The van der Waals surface area contributed by atoms with E-state index in [1.807, 2.05) is 13.8 Å². The summed E-state index contributed by atoms with van der Waals surface area (Å²) in [5.74, 6) is -0.313. The van der Waals surface area contributed by atoms with Crippen molar-refractivity contribution in [1.82, 2.24) is 28.9 Å². The average Bonchev–Trinajstić information content (AvgIpc) is 3.26. The van der Waals surface area contributed by atoms with Gasteiger partial charge in [-0.1, -0.05) is 25.2 Å². The Morgan fingerprint density at radius 1 is 1.22 bits per heavy atom. The van der Waals surface area contributed by atoms with Crippen LogP contribution in [0.4, 0.5) is 5.13 Å². The summed E-state index contributed by atoms with van der Waals surface area (Å²) in [6, 6.07) is -0.668. The molecule has 0 radical (unpaired) electrons. The first-order valence-corrected chi connectivity index (χ1v) is 9.46. The summed E-state index contributed by atoms with van der Waals surface area (Å²) >= 11 is 1.33. The molecule has 27 heavy (non-hydrogen) atoms. The molecule has 0 aliphatic carbocycles. The van der Waals surface area contributed by atoms with Crippen LogP contribution >= 0.6 is 11.3 Å². The third-order valence-electron chi connectivity index (χ3n) is 4.36. The maximum atomic E-state index is 12.8. The Labute approximate surface area is 158 Å². The summed E-state index contributed by atoms with van der Waals surface area (Å²) in [6.45, 7) is 3.88. The van der Waals surface area contributed by atoms with Gasteiger partial charge in [-0.25, -0.2) is 9.78 Å². The van der Waals surface area contributed by atoms with E-state index in [1.54, 1.807) is 7.05 Å². The van der Waals surface area contributed by atoms with Crippen molar-refractivity contribution in [2.24, 2.45) is 14.1 Å². The second kappa shape index (κ2) is 7.43. The Kier molecular flexibility index (Phi) is 5.22. The van der Waals surface area contributed by atoms with Crippen LogP contribution in [0, 0.1) is 0 Å². The van der Waals surface area contributed by atoms with Crippen LogP contribution in [0.3, 0.4) is 0 Å². The molecule has 3 aromatic heterocycles. The first-order valence-electron chi connectivity index (χ1n) is 8.64. The number of hydrogen-bond acceptors (Lipinski definition) is 7. The molecule has 11 heteroatoms. The lowest BCUT2D eigenvalue weighted by Crippen LogP contribution is -2.38. The quantitative estimate of drug-likeness (QED) is 0.665. The van der Waals surface area contributed by atoms with Crippen molar-refractivity contribution >= 4 is 33.5 Å². The van der Waals surface area contributed by atoms with E-state index < -0.39 is 17.3 Å². The van der Waals surface area contributed by atoms with E-state index in [0.29, 0.717) is 11.6 Å². The molecule has 10 nitrogen and oxygen atoms in total. The molecule has 1 amide bonds. The Morgan fingerprint density at radius 2 is 1.96 bits per heavy atom. The Morgan fingerprint density at radius 3 is 2.63 bits per heavy atom. The Hall–Kier alpha value is -2.82. The van der Waals surface area contributed by atoms with Crippen molar-refractivity contribution in [3.05, 3.63) is 32.2 Å². The maximum Gasteiger partial charge on any atom is 0.332 e. The van der Waals surface area contributed by atoms with Crippen LogP contribution in [0.1, 0.15) is 37.7 Å². The van der Waals surface area contributed by atoms with Crippen molar-refractivity contribution in [1.29, 1.82) is 0 Å².